The summed E-state index contributed by atoms with van der Waals surface area (Å²) >= 11 is 0. The third-order valence-corrected chi connectivity index (χ3v) is 2.89. The van der Waals surface area contributed by atoms with E-state index in [4.69, 9.17) is 0 Å². The van der Waals surface area contributed by atoms with Gasteiger partial charge in [0.2, 0.25) is 0 Å². The van der Waals surface area contributed by atoms with Crippen LogP contribution in [0.25, 0.3) is 6.08 Å². The third-order valence-electron chi connectivity index (χ3n) is 2.89. The minimum absolute atomic E-state index is 0.815. The summed E-state index contributed by atoms with van der Waals surface area (Å²) in [7, 11) is 0. The Labute approximate surface area is 117 Å². The van der Waals surface area contributed by atoms with Crippen LogP contribution < -0.4 is 0 Å². The first kappa shape index (κ1) is 15.2. The van der Waals surface area contributed by atoms with E-state index in [0.29, 0.717) is 0 Å². The summed E-state index contributed by atoms with van der Waals surface area (Å²) < 4.78 is 0. The highest BCUT2D eigenvalue weighted by Crippen LogP contribution is 2.07. The van der Waals surface area contributed by atoms with Crippen molar-refractivity contribution in [2.45, 2.75) is 26.7 Å². The maximum Gasteiger partial charge on any atom is -0.0263 e. The van der Waals surface area contributed by atoms with E-state index in [1.807, 2.05) is 36.4 Å². The summed E-state index contributed by atoms with van der Waals surface area (Å²) in [6.45, 7) is 8.16. The fourth-order valence-corrected chi connectivity index (χ4v) is 1.69. The van der Waals surface area contributed by atoms with Crippen LogP contribution in [-0.2, 0) is 6.42 Å². The van der Waals surface area contributed by atoms with Gasteiger partial charge in [-0.15, -0.1) is 0 Å². The largest absolute Gasteiger partial charge is 0.0985 e. The standard InChI is InChI=1S/C11H16.C8H8/c1-10(2)8-9-11-6-4-3-5-7-11;1-2-8-6-4-3-5-7-8/h3-7,10H,8-9H2,1-2H3;2-7H,1H2. The Balaban J connectivity index is 0.000000200. The van der Waals surface area contributed by atoms with Crippen LogP contribution in [-0.4, -0.2) is 0 Å². The number of aryl methyl sites for hydroxylation is 1. The van der Waals surface area contributed by atoms with Gasteiger partial charge in [-0.05, 0) is 29.9 Å². The van der Waals surface area contributed by atoms with E-state index in [1.54, 1.807) is 0 Å². The van der Waals surface area contributed by atoms with Gasteiger partial charge in [0.1, 0.15) is 0 Å². The van der Waals surface area contributed by atoms with E-state index >= 15 is 0 Å². The van der Waals surface area contributed by atoms with Gasteiger partial charge < -0.3 is 0 Å². The zero-order valence-corrected chi connectivity index (χ0v) is 12.0. The molecule has 0 unspecified atom stereocenters. The van der Waals surface area contributed by atoms with Crippen LogP contribution in [0.3, 0.4) is 0 Å². The SMILES string of the molecule is C=Cc1ccccc1.CC(C)CCc1ccccc1. The summed E-state index contributed by atoms with van der Waals surface area (Å²) in [4.78, 5) is 0. The van der Waals surface area contributed by atoms with Gasteiger partial charge in [0.05, 0.1) is 0 Å². The molecule has 0 heteroatoms. The number of rotatable bonds is 4. The highest BCUT2D eigenvalue weighted by molar-refractivity contribution is 5.45. The molecule has 0 spiro atoms. The lowest BCUT2D eigenvalue weighted by Gasteiger charge is -2.03. The lowest BCUT2D eigenvalue weighted by atomic mass is 10.0. The highest BCUT2D eigenvalue weighted by Gasteiger charge is 1.94. The van der Waals surface area contributed by atoms with E-state index in [9.17, 15) is 0 Å². The molecule has 0 N–H and O–H groups in total. The van der Waals surface area contributed by atoms with E-state index in [1.165, 1.54) is 24.0 Å². The van der Waals surface area contributed by atoms with Crippen molar-refractivity contribution >= 4 is 6.08 Å². The second kappa shape index (κ2) is 9.16. The van der Waals surface area contributed by atoms with Crippen molar-refractivity contribution in [3.63, 3.8) is 0 Å². The quantitative estimate of drug-likeness (QED) is 0.664. The molecule has 0 aromatic heterocycles. The molecule has 0 bridgehead atoms. The molecular weight excluding hydrogens is 228 g/mol. The molecular formula is C19H24. The second-order valence-electron chi connectivity index (χ2n) is 5.03. The zero-order valence-electron chi connectivity index (χ0n) is 12.0. The Morgan fingerprint density at radius 2 is 1.42 bits per heavy atom. The molecule has 2 aromatic carbocycles. The highest BCUT2D eigenvalue weighted by atomic mass is 14.0. The monoisotopic (exact) mass is 252 g/mol. The molecule has 2 aromatic rings. The predicted molar refractivity (Wildman–Crippen MR) is 86.1 cm³/mol. The molecule has 19 heavy (non-hydrogen) atoms. The Bertz CT molecular complexity index is 440. The van der Waals surface area contributed by atoms with Crippen molar-refractivity contribution in [1.82, 2.24) is 0 Å². The van der Waals surface area contributed by atoms with Gasteiger partial charge >= 0.3 is 0 Å². The predicted octanol–water partition coefficient (Wildman–Crippen LogP) is 5.60. The van der Waals surface area contributed by atoms with Gasteiger partial charge in [0, 0.05) is 0 Å². The minimum Gasteiger partial charge on any atom is -0.0985 e. The average Bonchev–Trinajstić information content (AvgIpc) is 2.48. The van der Waals surface area contributed by atoms with Crippen LogP contribution in [0.2, 0.25) is 0 Å². The van der Waals surface area contributed by atoms with Crippen molar-refractivity contribution in [3.05, 3.63) is 78.4 Å². The van der Waals surface area contributed by atoms with Crippen molar-refractivity contribution in [3.8, 4) is 0 Å². The lowest BCUT2D eigenvalue weighted by molar-refractivity contribution is 0.587. The summed E-state index contributed by atoms with van der Waals surface area (Å²) in [5.41, 5.74) is 2.63. The molecule has 2 rings (SSSR count). The fourth-order valence-electron chi connectivity index (χ4n) is 1.69. The number of benzene rings is 2. The van der Waals surface area contributed by atoms with Crippen molar-refractivity contribution < 1.29 is 0 Å². The molecule has 0 aliphatic carbocycles. The summed E-state index contributed by atoms with van der Waals surface area (Å²) in [6, 6.07) is 20.7. The summed E-state index contributed by atoms with van der Waals surface area (Å²) in [5.74, 6) is 0.815. The fraction of sp³-hybridized carbons (Fsp3) is 0.263. The second-order valence-corrected chi connectivity index (χ2v) is 5.03. The first-order chi connectivity index (χ1) is 9.22. The first-order valence-electron chi connectivity index (χ1n) is 6.93. The van der Waals surface area contributed by atoms with Gasteiger partial charge in [-0.2, -0.15) is 0 Å². The molecule has 0 fully saturated rings. The minimum atomic E-state index is 0.815. The molecule has 0 amide bonds. The lowest BCUT2D eigenvalue weighted by Crippen LogP contribution is -1.91. The van der Waals surface area contributed by atoms with Gasteiger partial charge in [-0.3, -0.25) is 0 Å². The molecule has 0 aliphatic rings. The Morgan fingerprint density at radius 3 is 1.84 bits per heavy atom. The topological polar surface area (TPSA) is 0 Å². The van der Waals surface area contributed by atoms with Gasteiger partial charge in [0.15, 0.2) is 0 Å². The molecule has 0 nitrogen and oxygen atoms in total. The van der Waals surface area contributed by atoms with Crippen LogP contribution in [0.1, 0.15) is 31.4 Å². The van der Waals surface area contributed by atoms with Gasteiger partial charge in [-0.1, -0.05) is 87.2 Å². The smallest absolute Gasteiger partial charge is 0.0263 e. The zero-order chi connectivity index (χ0) is 13.9. The van der Waals surface area contributed by atoms with Crippen LogP contribution in [0, 0.1) is 5.92 Å². The summed E-state index contributed by atoms with van der Waals surface area (Å²) in [6.07, 6.45) is 4.35. The average molecular weight is 252 g/mol. The van der Waals surface area contributed by atoms with Gasteiger partial charge in [-0.25, -0.2) is 0 Å². The molecule has 0 heterocycles. The third kappa shape index (κ3) is 7.25. The first-order valence-corrected chi connectivity index (χ1v) is 6.93. The Hall–Kier alpha value is -1.82. The van der Waals surface area contributed by atoms with Gasteiger partial charge in [0.25, 0.3) is 0 Å². The molecule has 0 atom stereocenters. The Kier molecular flexibility index (Phi) is 7.34. The Morgan fingerprint density at radius 1 is 0.895 bits per heavy atom. The van der Waals surface area contributed by atoms with E-state index < -0.39 is 0 Å². The summed E-state index contributed by atoms with van der Waals surface area (Å²) in [5, 5.41) is 0. The normalized spacial score (nSPS) is 9.63. The van der Waals surface area contributed by atoms with Crippen molar-refractivity contribution in [2.24, 2.45) is 5.92 Å². The van der Waals surface area contributed by atoms with Crippen molar-refractivity contribution in [1.29, 1.82) is 0 Å². The van der Waals surface area contributed by atoms with E-state index in [-0.39, 0.29) is 0 Å². The van der Waals surface area contributed by atoms with Crippen LogP contribution in [0.5, 0.6) is 0 Å². The molecule has 100 valence electrons. The van der Waals surface area contributed by atoms with Crippen LogP contribution in [0.4, 0.5) is 0 Å². The molecule has 0 radical (unpaired) electrons. The maximum atomic E-state index is 3.63. The number of hydrogen-bond donors (Lipinski definition) is 0. The molecule has 0 aliphatic heterocycles. The van der Waals surface area contributed by atoms with E-state index in [2.05, 4.69) is 50.8 Å². The molecule has 0 saturated carbocycles. The van der Waals surface area contributed by atoms with Crippen LogP contribution in [0.15, 0.2) is 67.2 Å². The maximum absolute atomic E-state index is 3.63. The van der Waals surface area contributed by atoms with E-state index in [0.717, 1.165) is 5.92 Å². The van der Waals surface area contributed by atoms with Crippen LogP contribution >= 0.6 is 0 Å². The number of hydrogen-bond acceptors (Lipinski definition) is 0. The van der Waals surface area contributed by atoms with Crippen molar-refractivity contribution in [2.75, 3.05) is 0 Å². The molecule has 0 saturated heterocycles.